The summed E-state index contributed by atoms with van der Waals surface area (Å²) in [5.74, 6) is -0.327. The first-order chi connectivity index (χ1) is 9.81. The topological polar surface area (TPSA) is 75.7 Å². The van der Waals surface area contributed by atoms with Crippen molar-refractivity contribution in [1.29, 1.82) is 0 Å². The quantitative estimate of drug-likeness (QED) is 0.883. The van der Waals surface area contributed by atoms with Crippen molar-refractivity contribution in [2.24, 2.45) is 0 Å². The van der Waals surface area contributed by atoms with E-state index in [1.54, 1.807) is 38.1 Å². The molecule has 1 aliphatic rings. The van der Waals surface area contributed by atoms with Gasteiger partial charge in [0.15, 0.2) is 5.60 Å². The van der Waals surface area contributed by atoms with Crippen molar-refractivity contribution in [3.63, 3.8) is 0 Å². The van der Waals surface area contributed by atoms with Crippen LogP contribution < -0.4 is 5.32 Å². The Hall–Kier alpha value is -1.44. The summed E-state index contributed by atoms with van der Waals surface area (Å²) in [7, 11) is -2.13. The molecule has 1 unspecified atom stereocenters. The van der Waals surface area contributed by atoms with E-state index in [-0.39, 0.29) is 30.5 Å². The summed E-state index contributed by atoms with van der Waals surface area (Å²) in [5, 5.41) is 2.51. The molecule has 116 valence electrons. The van der Waals surface area contributed by atoms with Crippen LogP contribution in [0, 0.1) is 6.92 Å². The molecule has 21 heavy (non-hydrogen) atoms. The third-order valence-electron chi connectivity index (χ3n) is 3.66. The molecule has 1 atom stereocenters. The summed E-state index contributed by atoms with van der Waals surface area (Å²) < 4.78 is 32.3. The first-order valence-electron chi connectivity index (χ1n) is 6.73. The van der Waals surface area contributed by atoms with Crippen LogP contribution in [0.25, 0.3) is 0 Å². The minimum absolute atomic E-state index is 0.00331. The Morgan fingerprint density at radius 2 is 2.05 bits per heavy atom. The predicted molar refractivity (Wildman–Crippen MR) is 78.4 cm³/mol. The maximum atomic E-state index is 12.7. The smallest absolute Gasteiger partial charge is 0.253 e. The van der Waals surface area contributed by atoms with Crippen LogP contribution >= 0.6 is 0 Å². The lowest BCUT2D eigenvalue weighted by atomic mass is 10.0. The fourth-order valence-electron chi connectivity index (χ4n) is 2.43. The first kappa shape index (κ1) is 15.9. The highest BCUT2D eigenvalue weighted by atomic mass is 32.2. The van der Waals surface area contributed by atoms with Crippen LogP contribution in [0.3, 0.4) is 0 Å². The van der Waals surface area contributed by atoms with E-state index in [0.717, 1.165) is 0 Å². The molecule has 0 bridgehead atoms. The molecule has 1 aliphatic heterocycles. The van der Waals surface area contributed by atoms with Gasteiger partial charge in [0, 0.05) is 13.6 Å². The van der Waals surface area contributed by atoms with Gasteiger partial charge < -0.3 is 10.1 Å². The van der Waals surface area contributed by atoms with E-state index in [2.05, 4.69) is 5.32 Å². The van der Waals surface area contributed by atoms with Crippen LogP contribution in [0.15, 0.2) is 29.2 Å². The molecule has 0 saturated carbocycles. The standard InChI is InChI=1S/C14H20N2O4S/c1-11-6-4-5-7-12(11)21(18,19)16-8-9-20-14(2,10-16)13(17)15-3/h4-7H,8-10H2,1-3H3,(H,15,17). The zero-order valence-electron chi connectivity index (χ0n) is 12.4. The van der Waals surface area contributed by atoms with Crippen LogP contribution in [0.5, 0.6) is 0 Å². The van der Waals surface area contributed by atoms with Gasteiger partial charge in [-0.05, 0) is 25.5 Å². The second-order valence-electron chi connectivity index (χ2n) is 5.26. The monoisotopic (exact) mass is 312 g/mol. The number of likely N-dealkylation sites (N-methyl/N-ethyl adjacent to an activating group) is 1. The number of hydrogen-bond acceptors (Lipinski definition) is 4. The lowest BCUT2D eigenvalue weighted by Crippen LogP contribution is -2.58. The number of sulfonamides is 1. The van der Waals surface area contributed by atoms with Crippen molar-refractivity contribution in [2.75, 3.05) is 26.7 Å². The minimum atomic E-state index is -3.63. The van der Waals surface area contributed by atoms with Crippen molar-refractivity contribution in [3.8, 4) is 0 Å². The summed E-state index contributed by atoms with van der Waals surface area (Å²) >= 11 is 0. The summed E-state index contributed by atoms with van der Waals surface area (Å²) in [6, 6.07) is 6.82. The molecule has 2 rings (SSSR count). The highest BCUT2D eigenvalue weighted by Crippen LogP contribution is 2.25. The van der Waals surface area contributed by atoms with E-state index in [0.29, 0.717) is 5.56 Å². The van der Waals surface area contributed by atoms with Gasteiger partial charge >= 0.3 is 0 Å². The number of rotatable bonds is 3. The van der Waals surface area contributed by atoms with Gasteiger partial charge in [0.2, 0.25) is 10.0 Å². The Labute approximate surface area is 125 Å². The number of ether oxygens (including phenoxy) is 1. The number of hydrogen-bond donors (Lipinski definition) is 1. The van der Waals surface area contributed by atoms with Gasteiger partial charge in [0.1, 0.15) is 0 Å². The molecule has 1 fully saturated rings. The number of nitrogens with zero attached hydrogens (tertiary/aromatic N) is 1. The maximum Gasteiger partial charge on any atom is 0.253 e. The lowest BCUT2D eigenvalue weighted by molar-refractivity contribution is -0.151. The Kier molecular flexibility index (Phi) is 4.36. The summed E-state index contributed by atoms with van der Waals surface area (Å²) in [6.07, 6.45) is 0. The number of morpholine rings is 1. The third-order valence-corrected chi connectivity index (χ3v) is 5.66. The Balaban J connectivity index is 2.33. The van der Waals surface area contributed by atoms with Crippen LogP contribution in [0.1, 0.15) is 12.5 Å². The summed E-state index contributed by atoms with van der Waals surface area (Å²) in [5.41, 5.74) is -0.478. The molecule has 0 radical (unpaired) electrons. The van der Waals surface area contributed by atoms with Gasteiger partial charge in [-0.3, -0.25) is 4.79 Å². The van der Waals surface area contributed by atoms with Crippen molar-refractivity contribution in [1.82, 2.24) is 9.62 Å². The van der Waals surface area contributed by atoms with Gasteiger partial charge in [-0.1, -0.05) is 18.2 Å². The Morgan fingerprint density at radius 3 is 2.67 bits per heavy atom. The average molecular weight is 312 g/mol. The van der Waals surface area contributed by atoms with Crippen LogP contribution in [0.2, 0.25) is 0 Å². The Bertz CT molecular complexity index is 644. The molecule has 0 aromatic heterocycles. The summed E-state index contributed by atoms with van der Waals surface area (Å²) in [6.45, 7) is 3.79. The molecule has 1 heterocycles. The molecule has 7 heteroatoms. The van der Waals surface area contributed by atoms with Crippen molar-refractivity contribution in [3.05, 3.63) is 29.8 Å². The van der Waals surface area contributed by atoms with E-state index >= 15 is 0 Å². The highest BCUT2D eigenvalue weighted by Gasteiger charge is 2.42. The number of amides is 1. The van der Waals surface area contributed by atoms with E-state index in [9.17, 15) is 13.2 Å². The van der Waals surface area contributed by atoms with Crippen molar-refractivity contribution < 1.29 is 17.9 Å². The second kappa shape index (κ2) is 5.75. The lowest BCUT2D eigenvalue weighted by Gasteiger charge is -2.38. The Morgan fingerprint density at radius 1 is 1.38 bits per heavy atom. The van der Waals surface area contributed by atoms with Crippen molar-refractivity contribution in [2.45, 2.75) is 24.3 Å². The van der Waals surface area contributed by atoms with Gasteiger partial charge in [-0.2, -0.15) is 4.31 Å². The molecule has 1 aromatic carbocycles. The molecule has 1 saturated heterocycles. The SMILES string of the molecule is CNC(=O)C1(C)CN(S(=O)(=O)c2ccccc2C)CCO1. The largest absolute Gasteiger partial charge is 0.363 e. The maximum absolute atomic E-state index is 12.7. The molecule has 6 nitrogen and oxygen atoms in total. The molecule has 0 aliphatic carbocycles. The van der Waals surface area contributed by atoms with Gasteiger partial charge in [0.25, 0.3) is 5.91 Å². The fraction of sp³-hybridized carbons (Fsp3) is 0.500. The van der Waals surface area contributed by atoms with E-state index < -0.39 is 15.6 Å². The van der Waals surface area contributed by atoms with Gasteiger partial charge in [-0.15, -0.1) is 0 Å². The molecule has 0 spiro atoms. The van der Waals surface area contributed by atoms with Crippen LogP contribution in [-0.2, 0) is 19.6 Å². The van der Waals surface area contributed by atoms with Gasteiger partial charge in [0.05, 0.1) is 18.0 Å². The molecule has 1 amide bonds. The predicted octanol–water partition coefficient (Wildman–Crippen LogP) is 0.521. The summed E-state index contributed by atoms with van der Waals surface area (Å²) in [4.78, 5) is 12.2. The molecular weight excluding hydrogens is 292 g/mol. The zero-order valence-corrected chi connectivity index (χ0v) is 13.2. The molecule has 1 N–H and O–H groups in total. The number of carbonyl (C=O) groups excluding carboxylic acids is 1. The fourth-order valence-corrected chi connectivity index (χ4v) is 4.16. The second-order valence-corrected chi connectivity index (χ2v) is 7.17. The van der Waals surface area contributed by atoms with Crippen LogP contribution in [0.4, 0.5) is 0 Å². The molecule has 1 aromatic rings. The third kappa shape index (κ3) is 2.95. The van der Waals surface area contributed by atoms with Gasteiger partial charge in [-0.25, -0.2) is 8.42 Å². The van der Waals surface area contributed by atoms with E-state index in [4.69, 9.17) is 4.74 Å². The normalized spacial score (nSPS) is 23.8. The number of nitrogens with one attached hydrogen (secondary N) is 1. The average Bonchev–Trinajstić information content (AvgIpc) is 2.46. The molecular formula is C14H20N2O4S. The zero-order chi connectivity index (χ0) is 15.7. The van der Waals surface area contributed by atoms with E-state index in [1.807, 2.05) is 0 Å². The minimum Gasteiger partial charge on any atom is -0.363 e. The number of benzene rings is 1. The number of aryl methyl sites for hydroxylation is 1. The van der Waals surface area contributed by atoms with E-state index in [1.165, 1.54) is 11.4 Å². The van der Waals surface area contributed by atoms with Crippen LogP contribution in [-0.4, -0.2) is 51.0 Å². The number of carbonyl (C=O) groups is 1. The van der Waals surface area contributed by atoms with Crippen molar-refractivity contribution >= 4 is 15.9 Å². The highest BCUT2D eigenvalue weighted by molar-refractivity contribution is 7.89. The first-order valence-corrected chi connectivity index (χ1v) is 8.17.